The zero-order valence-electron chi connectivity index (χ0n) is 13.5. The highest BCUT2D eigenvalue weighted by atomic mass is 16.3. The van der Waals surface area contributed by atoms with Gasteiger partial charge in [0.05, 0.1) is 6.26 Å². The van der Waals surface area contributed by atoms with Crippen molar-refractivity contribution in [2.45, 2.75) is 38.8 Å². The van der Waals surface area contributed by atoms with E-state index in [1.54, 1.807) is 12.1 Å². The molecule has 2 atom stereocenters. The van der Waals surface area contributed by atoms with Crippen LogP contribution in [0.5, 0.6) is 0 Å². The van der Waals surface area contributed by atoms with E-state index in [-0.39, 0.29) is 23.5 Å². The molecule has 1 aliphatic heterocycles. The number of hydrogen-bond acceptors (Lipinski definition) is 4. The molecule has 122 valence electrons. The summed E-state index contributed by atoms with van der Waals surface area (Å²) >= 11 is 0. The third kappa shape index (κ3) is 3.88. The SMILES string of the molecule is CNC1CCCN(C(=O)C(NC(=O)c2ccco2)C(C)C)C1. The van der Waals surface area contributed by atoms with Crippen LogP contribution in [0.4, 0.5) is 0 Å². The summed E-state index contributed by atoms with van der Waals surface area (Å²) in [7, 11) is 1.91. The molecular formula is C16H25N3O3. The number of carbonyl (C=O) groups is 2. The van der Waals surface area contributed by atoms with E-state index in [9.17, 15) is 9.59 Å². The van der Waals surface area contributed by atoms with E-state index in [2.05, 4.69) is 10.6 Å². The van der Waals surface area contributed by atoms with Gasteiger partial charge in [0.2, 0.25) is 5.91 Å². The number of rotatable bonds is 5. The van der Waals surface area contributed by atoms with E-state index in [4.69, 9.17) is 4.42 Å². The Balaban J connectivity index is 2.03. The van der Waals surface area contributed by atoms with Gasteiger partial charge < -0.3 is 20.0 Å². The van der Waals surface area contributed by atoms with Gasteiger partial charge in [0.15, 0.2) is 5.76 Å². The minimum absolute atomic E-state index is 0.0152. The van der Waals surface area contributed by atoms with E-state index in [0.717, 1.165) is 19.4 Å². The minimum Gasteiger partial charge on any atom is -0.459 e. The molecule has 1 aromatic heterocycles. The maximum absolute atomic E-state index is 12.8. The maximum Gasteiger partial charge on any atom is 0.287 e. The largest absolute Gasteiger partial charge is 0.459 e. The van der Waals surface area contributed by atoms with Gasteiger partial charge in [-0.05, 0) is 37.9 Å². The Hall–Kier alpha value is -1.82. The Morgan fingerprint density at radius 2 is 2.18 bits per heavy atom. The molecule has 0 radical (unpaired) electrons. The summed E-state index contributed by atoms with van der Waals surface area (Å²) in [6, 6.07) is 3.04. The first-order valence-electron chi connectivity index (χ1n) is 7.83. The van der Waals surface area contributed by atoms with Gasteiger partial charge in [-0.2, -0.15) is 0 Å². The van der Waals surface area contributed by atoms with Gasteiger partial charge in [-0.15, -0.1) is 0 Å². The molecule has 1 fully saturated rings. The van der Waals surface area contributed by atoms with Crippen LogP contribution in [0.3, 0.4) is 0 Å². The smallest absolute Gasteiger partial charge is 0.287 e. The number of likely N-dealkylation sites (tertiary alicyclic amines) is 1. The molecule has 1 aliphatic rings. The summed E-state index contributed by atoms with van der Waals surface area (Å²) in [6.07, 6.45) is 3.50. The predicted molar refractivity (Wildman–Crippen MR) is 83.5 cm³/mol. The molecule has 1 aromatic rings. The molecule has 22 heavy (non-hydrogen) atoms. The highest BCUT2D eigenvalue weighted by Crippen LogP contribution is 2.14. The van der Waals surface area contributed by atoms with Crippen molar-refractivity contribution < 1.29 is 14.0 Å². The summed E-state index contributed by atoms with van der Waals surface area (Å²) < 4.78 is 5.09. The fourth-order valence-corrected chi connectivity index (χ4v) is 2.74. The van der Waals surface area contributed by atoms with E-state index < -0.39 is 6.04 Å². The van der Waals surface area contributed by atoms with Crippen LogP contribution in [0, 0.1) is 5.92 Å². The van der Waals surface area contributed by atoms with Crippen LogP contribution in [-0.2, 0) is 4.79 Å². The highest BCUT2D eigenvalue weighted by Gasteiger charge is 2.31. The fraction of sp³-hybridized carbons (Fsp3) is 0.625. The Morgan fingerprint density at radius 1 is 1.41 bits per heavy atom. The molecule has 6 nitrogen and oxygen atoms in total. The van der Waals surface area contributed by atoms with Gasteiger partial charge in [0.1, 0.15) is 6.04 Å². The Labute approximate surface area is 131 Å². The predicted octanol–water partition coefficient (Wildman–Crippen LogP) is 1.24. The minimum atomic E-state index is -0.534. The Bertz CT molecular complexity index is 499. The molecule has 2 unspecified atom stereocenters. The zero-order valence-corrected chi connectivity index (χ0v) is 13.5. The first-order valence-corrected chi connectivity index (χ1v) is 7.83. The first-order chi connectivity index (χ1) is 10.5. The number of hydrogen-bond donors (Lipinski definition) is 2. The lowest BCUT2D eigenvalue weighted by Gasteiger charge is -2.35. The lowest BCUT2D eigenvalue weighted by molar-refractivity contribution is -0.135. The van der Waals surface area contributed by atoms with Crippen molar-refractivity contribution in [3.63, 3.8) is 0 Å². The van der Waals surface area contributed by atoms with Crippen molar-refractivity contribution in [1.82, 2.24) is 15.5 Å². The molecule has 2 N–H and O–H groups in total. The molecule has 6 heteroatoms. The Kier molecular flexibility index (Phi) is 5.60. The second kappa shape index (κ2) is 7.45. The van der Waals surface area contributed by atoms with Gasteiger partial charge in [-0.1, -0.05) is 13.8 Å². The fourth-order valence-electron chi connectivity index (χ4n) is 2.74. The molecule has 0 spiro atoms. The summed E-state index contributed by atoms with van der Waals surface area (Å²) in [6.45, 7) is 5.31. The molecule has 0 bridgehead atoms. The van der Waals surface area contributed by atoms with Crippen molar-refractivity contribution in [3.8, 4) is 0 Å². The van der Waals surface area contributed by atoms with Crippen LogP contribution in [0.15, 0.2) is 22.8 Å². The molecule has 1 saturated heterocycles. The molecule has 2 amide bonds. The standard InChI is InChI=1S/C16H25N3O3/c1-11(2)14(18-15(20)13-7-5-9-22-13)16(21)19-8-4-6-12(10-19)17-3/h5,7,9,11-12,14,17H,4,6,8,10H2,1-3H3,(H,18,20). The summed E-state index contributed by atoms with van der Waals surface area (Å²) in [4.78, 5) is 26.7. The number of amides is 2. The number of likely N-dealkylation sites (N-methyl/N-ethyl adjacent to an activating group) is 1. The molecule has 0 aliphatic carbocycles. The number of nitrogens with zero attached hydrogens (tertiary/aromatic N) is 1. The van der Waals surface area contributed by atoms with Gasteiger partial charge in [-0.25, -0.2) is 0 Å². The zero-order chi connectivity index (χ0) is 16.1. The molecule has 2 heterocycles. The van der Waals surface area contributed by atoms with Gasteiger partial charge >= 0.3 is 0 Å². The lowest BCUT2D eigenvalue weighted by atomic mass is 9.99. The van der Waals surface area contributed by atoms with Crippen LogP contribution >= 0.6 is 0 Å². The van der Waals surface area contributed by atoms with Crippen LogP contribution in [0.25, 0.3) is 0 Å². The molecule has 0 saturated carbocycles. The van der Waals surface area contributed by atoms with Crippen LogP contribution in [0.1, 0.15) is 37.2 Å². The van der Waals surface area contributed by atoms with Gasteiger partial charge in [0.25, 0.3) is 5.91 Å². The number of carbonyl (C=O) groups excluding carboxylic acids is 2. The van der Waals surface area contributed by atoms with Crippen molar-refractivity contribution in [2.75, 3.05) is 20.1 Å². The number of piperidine rings is 1. The summed E-state index contributed by atoms with van der Waals surface area (Å²) in [5.41, 5.74) is 0. The quantitative estimate of drug-likeness (QED) is 0.858. The average molecular weight is 307 g/mol. The highest BCUT2D eigenvalue weighted by molar-refractivity contribution is 5.95. The van der Waals surface area contributed by atoms with Gasteiger partial charge in [0, 0.05) is 19.1 Å². The van der Waals surface area contributed by atoms with Crippen molar-refractivity contribution in [3.05, 3.63) is 24.2 Å². The maximum atomic E-state index is 12.8. The van der Waals surface area contributed by atoms with Crippen LogP contribution in [-0.4, -0.2) is 48.9 Å². The monoisotopic (exact) mass is 307 g/mol. The van der Waals surface area contributed by atoms with Crippen LogP contribution in [0.2, 0.25) is 0 Å². The van der Waals surface area contributed by atoms with Crippen molar-refractivity contribution in [1.29, 1.82) is 0 Å². The number of nitrogens with one attached hydrogen (secondary N) is 2. The van der Waals surface area contributed by atoms with E-state index in [0.29, 0.717) is 12.6 Å². The molecule has 0 aromatic carbocycles. The topological polar surface area (TPSA) is 74.6 Å². The van der Waals surface area contributed by atoms with Crippen LogP contribution < -0.4 is 10.6 Å². The molecule has 2 rings (SSSR count). The van der Waals surface area contributed by atoms with Crippen molar-refractivity contribution in [2.24, 2.45) is 5.92 Å². The Morgan fingerprint density at radius 3 is 2.77 bits per heavy atom. The summed E-state index contributed by atoms with van der Waals surface area (Å²) in [5.74, 6) is -0.124. The third-order valence-corrected chi connectivity index (χ3v) is 4.11. The normalized spacial score (nSPS) is 20.0. The third-order valence-electron chi connectivity index (χ3n) is 4.11. The average Bonchev–Trinajstić information content (AvgIpc) is 3.06. The van der Waals surface area contributed by atoms with E-state index in [1.165, 1.54) is 6.26 Å². The van der Waals surface area contributed by atoms with E-state index in [1.807, 2.05) is 25.8 Å². The van der Waals surface area contributed by atoms with Crippen molar-refractivity contribution >= 4 is 11.8 Å². The molecular weight excluding hydrogens is 282 g/mol. The van der Waals surface area contributed by atoms with E-state index >= 15 is 0 Å². The lowest BCUT2D eigenvalue weighted by Crippen LogP contribution is -2.55. The number of furan rings is 1. The van der Waals surface area contributed by atoms with Gasteiger partial charge in [-0.3, -0.25) is 9.59 Å². The second-order valence-corrected chi connectivity index (χ2v) is 6.08. The summed E-state index contributed by atoms with van der Waals surface area (Å²) in [5, 5.41) is 6.03. The second-order valence-electron chi connectivity index (χ2n) is 6.08. The first kappa shape index (κ1) is 16.5.